The molecule has 1 aliphatic heterocycles. The van der Waals surface area contributed by atoms with Gasteiger partial charge in [0.1, 0.15) is 11.7 Å². The predicted molar refractivity (Wildman–Crippen MR) is 59.7 cm³/mol. The van der Waals surface area contributed by atoms with Crippen molar-refractivity contribution < 1.29 is 27.9 Å². The predicted octanol–water partition coefficient (Wildman–Crippen LogP) is 1.02. The third-order valence-corrected chi connectivity index (χ3v) is 3.05. The number of hydrogen-bond acceptors (Lipinski definition) is 3. The van der Waals surface area contributed by atoms with Crippen LogP contribution in [-0.4, -0.2) is 32.7 Å². The van der Waals surface area contributed by atoms with Gasteiger partial charge in [0.2, 0.25) is 0 Å². The number of nitrogens with zero attached hydrogens (tertiary/aromatic N) is 2. The van der Waals surface area contributed by atoms with Crippen molar-refractivity contribution in [2.75, 3.05) is 0 Å². The Labute approximate surface area is 111 Å². The van der Waals surface area contributed by atoms with Crippen molar-refractivity contribution in [3.63, 3.8) is 0 Å². The van der Waals surface area contributed by atoms with Crippen molar-refractivity contribution in [3.8, 4) is 0 Å². The Morgan fingerprint density at radius 3 is 2.80 bits per heavy atom. The molecule has 1 aromatic rings. The molecule has 0 bridgehead atoms. The highest BCUT2D eigenvalue weighted by molar-refractivity contribution is 5.81. The summed E-state index contributed by atoms with van der Waals surface area (Å²) in [5.41, 5.74) is 0.214. The number of carbonyl (C=O) groups is 2. The van der Waals surface area contributed by atoms with E-state index in [1.807, 2.05) is 0 Å². The number of carboxylic acid groups (broad SMARTS) is 1. The molecule has 0 saturated carbocycles. The molecule has 0 saturated heterocycles. The van der Waals surface area contributed by atoms with Gasteiger partial charge in [0.15, 0.2) is 0 Å². The Morgan fingerprint density at radius 2 is 2.20 bits per heavy atom. The van der Waals surface area contributed by atoms with Crippen LogP contribution in [0.25, 0.3) is 0 Å². The number of carboxylic acids is 1. The minimum absolute atomic E-state index is 0.214. The summed E-state index contributed by atoms with van der Waals surface area (Å²) in [5, 5.41) is 10.8. The maximum Gasteiger partial charge on any atom is 0.471 e. The standard InChI is InChI=1S/C11H12F3N3O3/c12-11(13,14)10(20)15-4-6-5-17-3-1-2-7(9(18)19)8(17)16-6/h5,7H,1-4H2,(H,15,20)(H,18,19). The van der Waals surface area contributed by atoms with Crippen molar-refractivity contribution in [1.29, 1.82) is 0 Å². The second-order valence-corrected chi connectivity index (χ2v) is 4.50. The van der Waals surface area contributed by atoms with Crippen molar-refractivity contribution in [2.45, 2.75) is 38.0 Å². The second-order valence-electron chi connectivity index (χ2n) is 4.50. The Morgan fingerprint density at radius 1 is 1.50 bits per heavy atom. The van der Waals surface area contributed by atoms with Crippen molar-refractivity contribution in [3.05, 3.63) is 17.7 Å². The monoisotopic (exact) mass is 291 g/mol. The number of nitrogens with one attached hydrogen (secondary N) is 1. The summed E-state index contributed by atoms with van der Waals surface area (Å²) in [4.78, 5) is 25.7. The maximum absolute atomic E-state index is 12.0. The highest BCUT2D eigenvalue weighted by Gasteiger charge is 2.38. The molecule has 0 fully saturated rings. The first kappa shape index (κ1) is 14.4. The van der Waals surface area contributed by atoms with Crippen LogP contribution in [0.15, 0.2) is 6.20 Å². The van der Waals surface area contributed by atoms with E-state index in [4.69, 9.17) is 5.11 Å². The summed E-state index contributed by atoms with van der Waals surface area (Å²) < 4.78 is 37.7. The fraction of sp³-hybridized carbons (Fsp3) is 0.545. The third-order valence-electron chi connectivity index (χ3n) is 3.05. The first-order valence-corrected chi connectivity index (χ1v) is 5.93. The van der Waals surface area contributed by atoms with Gasteiger partial charge in [-0.1, -0.05) is 0 Å². The molecule has 2 rings (SSSR count). The molecule has 2 N–H and O–H groups in total. The summed E-state index contributed by atoms with van der Waals surface area (Å²) in [6.45, 7) is 0.185. The van der Waals surface area contributed by atoms with Crippen LogP contribution in [0.1, 0.15) is 30.3 Å². The molecule has 1 aromatic heterocycles. The van der Waals surface area contributed by atoms with E-state index in [2.05, 4.69) is 4.98 Å². The van der Waals surface area contributed by atoms with E-state index in [1.165, 1.54) is 6.20 Å². The zero-order chi connectivity index (χ0) is 14.9. The molecule has 20 heavy (non-hydrogen) atoms. The summed E-state index contributed by atoms with van der Waals surface area (Å²) >= 11 is 0. The van der Waals surface area contributed by atoms with Gasteiger partial charge < -0.3 is 15.0 Å². The molecule has 1 amide bonds. The Bertz CT molecular complexity index is 539. The van der Waals surface area contributed by atoms with Gasteiger partial charge in [-0.3, -0.25) is 9.59 Å². The molecule has 0 radical (unpaired) electrons. The lowest BCUT2D eigenvalue weighted by Gasteiger charge is -2.19. The van der Waals surface area contributed by atoms with E-state index in [0.29, 0.717) is 25.2 Å². The highest BCUT2D eigenvalue weighted by atomic mass is 19.4. The number of alkyl halides is 3. The molecule has 1 unspecified atom stereocenters. The summed E-state index contributed by atoms with van der Waals surface area (Å²) in [6, 6.07) is 0. The molecule has 0 spiro atoms. The van der Waals surface area contributed by atoms with Gasteiger partial charge in [-0.2, -0.15) is 13.2 Å². The van der Waals surface area contributed by atoms with Gasteiger partial charge in [0.25, 0.3) is 0 Å². The molecule has 1 atom stereocenters. The molecule has 1 aliphatic rings. The smallest absolute Gasteiger partial charge is 0.471 e. The molecular weight excluding hydrogens is 279 g/mol. The Hall–Kier alpha value is -2.06. The summed E-state index contributed by atoms with van der Waals surface area (Å²) in [5.74, 6) is -3.49. The lowest BCUT2D eigenvalue weighted by atomic mass is 9.99. The van der Waals surface area contributed by atoms with E-state index in [1.54, 1.807) is 9.88 Å². The van der Waals surface area contributed by atoms with Crippen molar-refractivity contribution in [1.82, 2.24) is 14.9 Å². The molecule has 0 aliphatic carbocycles. The van der Waals surface area contributed by atoms with Gasteiger partial charge in [-0.05, 0) is 12.8 Å². The van der Waals surface area contributed by atoms with E-state index in [0.717, 1.165) is 0 Å². The van der Waals surface area contributed by atoms with Crippen LogP contribution in [0, 0.1) is 0 Å². The maximum atomic E-state index is 12.0. The topological polar surface area (TPSA) is 84.2 Å². The van der Waals surface area contributed by atoms with Gasteiger partial charge >= 0.3 is 18.1 Å². The molecule has 0 aromatic carbocycles. The van der Waals surface area contributed by atoms with Crippen LogP contribution in [-0.2, 0) is 22.7 Å². The first-order chi connectivity index (χ1) is 9.29. The van der Waals surface area contributed by atoms with Crippen LogP contribution in [0.4, 0.5) is 13.2 Å². The molecular formula is C11H12F3N3O3. The third kappa shape index (κ3) is 2.91. The quantitative estimate of drug-likeness (QED) is 0.871. The molecule has 6 nitrogen and oxygen atoms in total. The number of rotatable bonds is 3. The minimum Gasteiger partial charge on any atom is -0.481 e. The summed E-state index contributed by atoms with van der Waals surface area (Å²) in [7, 11) is 0. The number of aromatic nitrogens is 2. The molecule has 2 heterocycles. The van der Waals surface area contributed by atoms with Gasteiger partial charge in [-0.15, -0.1) is 0 Å². The van der Waals surface area contributed by atoms with E-state index >= 15 is 0 Å². The van der Waals surface area contributed by atoms with Gasteiger partial charge in [-0.25, -0.2) is 4.98 Å². The molecule has 9 heteroatoms. The number of aliphatic carboxylic acids is 1. The zero-order valence-electron chi connectivity index (χ0n) is 10.3. The van der Waals surface area contributed by atoms with Gasteiger partial charge in [0, 0.05) is 12.7 Å². The fourth-order valence-electron chi connectivity index (χ4n) is 2.13. The van der Waals surface area contributed by atoms with Gasteiger partial charge in [0.05, 0.1) is 12.2 Å². The number of hydrogen-bond donors (Lipinski definition) is 2. The van der Waals surface area contributed by atoms with Crippen LogP contribution in [0.5, 0.6) is 0 Å². The van der Waals surface area contributed by atoms with E-state index < -0.39 is 24.0 Å². The lowest BCUT2D eigenvalue weighted by molar-refractivity contribution is -0.173. The number of amides is 1. The van der Waals surface area contributed by atoms with Crippen LogP contribution in [0.3, 0.4) is 0 Å². The average Bonchev–Trinajstić information content (AvgIpc) is 2.76. The number of aryl methyl sites for hydroxylation is 1. The number of halogens is 3. The fourth-order valence-corrected chi connectivity index (χ4v) is 2.13. The normalized spacial score (nSPS) is 18.4. The van der Waals surface area contributed by atoms with Crippen LogP contribution < -0.4 is 5.32 Å². The molecule has 110 valence electrons. The number of carbonyl (C=O) groups excluding carboxylic acids is 1. The zero-order valence-corrected chi connectivity index (χ0v) is 10.3. The van der Waals surface area contributed by atoms with Crippen molar-refractivity contribution in [2.24, 2.45) is 0 Å². The van der Waals surface area contributed by atoms with Crippen molar-refractivity contribution >= 4 is 11.9 Å². The number of imidazole rings is 1. The Kier molecular flexibility index (Phi) is 3.69. The average molecular weight is 291 g/mol. The largest absolute Gasteiger partial charge is 0.481 e. The SMILES string of the molecule is O=C(O)C1CCCn2cc(CNC(=O)C(F)(F)F)nc21. The highest BCUT2D eigenvalue weighted by Crippen LogP contribution is 2.27. The summed E-state index contributed by atoms with van der Waals surface area (Å²) in [6.07, 6.45) is -2.36. The number of fused-ring (bicyclic) bond motifs is 1. The van der Waals surface area contributed by atoms with E-state index in [9.17, 15) is 22.8 Å². The first-order valence-electron chi connectivity index (χ1n) is 5.93. The van der Waals surface area contributed by atoms with E-state index in [-0.39, 0.29) is 12.2 Å². The van der Waals surface area contributed by atoms with Crippen LogP contribution in [0.2, 0.25) is 0 Å². The van der Waals surface area contributed by atoms with Crippen LogP contribution >= 0.6 is 0 Å². The minimum atomic E-state index is -4.94. The lowest BCUT2D eigenvalue weighted by Crippen LogP contribution is -2.36. The Balaban J connectivity index is 2.09. The second kappa shape index (κ2) is 5.14.